The van der Waals surface area contributed by atoms with Crippen molar-refractivity contribution in [1.82, 2.24) is 9.78 Å². The number of aryl methyl sites for hydroxylation is 2. The molecular weight excluding hydrogens is 328 g/mol. The lowest BCUT2D eigenvalue weighted by Crippen LogP contribution is -2.27. The minimum atomic E-state index is -0.499. The van der Waals surface area contributed by atoms with E-state index in [2.05, 4.69) is 5.10 Å². The average Bonchev–Trinajstić information content (AvgIpc) is 2.65. The Morgan fingerprint density at radius 3 is 2.50 bits per heavy atom. The number of hydrogen-bond donors (Lipinski definition) is 0. The minimum absolute atomic E-state index is 0.172. The van der Waals surface area contributed by atoms with Gasteiger partial charge in [-0.1, -0.05) is 42.5 Å². The number of esters is 1. The van der Waals surface area contributed by atoms with E-state index in [0.717, 1.165) is 21.4 Å². The second-order valence-electron chi connectivity index (χ2n) is 6.16. The second kappa shape index (κ2) is 7.78. The van der Waals surface area contributed by atoms with E-state index in [1.165, 1.54) is 11.6 Å². The Hall–Kier alpha value is -3.21. The molecule has 5 nitrogen and oxygen atoms in total. The van der Waals surface area contributed by atoms with Gasteiger partial charge in [0, 0.05) is 11.6 Å². The summed E-state index contributed by atoms with van der Waals surface area (Å²) in [6.07, 6.45) is 0. The minimum Gasteiger partial charge on any atom is -0.459 e. The van der Waals surface area contributed by atoms with Gasteiger partial charge in [0.2, 0.25) is 0 Å². The van der Waals surface area contributed by atoms with E-state index in [-0.39, 0.29) is 18.7 Å². The number of aromatic nitrogens is 2. The molecule has 0 spiro atoms. The quantitative estimate of drug-likeness (QED) is 0.664. The monoisotopic (exact) mass is 348 g/mol. The van der Waals surface area contributed by atoms with Crippen molar-refractivity contribution < 1.29 is 9.53 Å². The second-order valence-corrected chi connectivity index (χ2v) is 6.16. The molecule has 1 aromatic heterocycles. The highest BCUT2D eigenvalue weighted by atomic mass is 16.5. The molecule has 0 N–H and O–H groups in total. The summed E-state index contributed by atoms with van der Waals surface area (Å²) in [6, 6.07) is 18.5. The van der Waals surface area contributed by atoms with Crippen LogP contribution in [0.3, 0.4) is 0 Å². The fourth-order valence-corrected chi connectivity index (χ4v) is 2.52. The smallest absolute Gasteiger partial charge is 0.328 e. The zero-order chi connectivity index (χ0) is 18.5. The molecule has 0 unspecified atom stereocenters. The number of carbonyl (C=O) groups excluding carboxylic acids is 1. The zero-order valence-corrected chi connectivity index (χ0v) is 14.8. The summed E-state index contributed by atoms with van der Waals surface area (Å²) in [6.45, 7) is 4.02. The van der Waals surface area contributed by atoms with Crippen LogP contribution in [0.2, 0.25) is 0 Å². The van der Waals surface area contributed by atoms with E-state index >= 15 is 0 Å². The molecule has 132 valence electrons. The lowest BCUT2D eigenvalue weighted by Gasteiger charge is -2.09. The maximum atomic E-state index is 12.1. The van der Waals surface area contributed by atoms with Crippen LogP contribution < -0.4 is 5.56 Å². The highest BCUT2D eigenvalue weighted by molar-refractivity contribution is 5.69. The van der Waals surface area contributed by atoms with Gasteiger partial charge in [-0.15, -0.1) is 0 Å². The zero-order valence-electron chi connectivity index (χ0n) is 14.8. The van der Waals surface area contributed by atoms with E-state index < -0.39 is 5.97 Å². The number of hydrogen-bond acceptors (Lipinski definition) is 4. The normalized spacial score (nSPS) is 10.5. The van der Waals surface area contributed by atoms with Gasteiger partial charge >= 0.3 is 5.97 Å². The molecule has 0 atom stereocenters. The van der Waals surface area contributed by atoms with Crippen LogP contribution in [0.4, 0.5) is 0 Å². The Morgan fingerprint density at radius 1 is 1.00 bits per heavy atom. The van der Waals surface area contributed by atoms with Gasteiger partial charge in [0.15, 0.2) is 0 Å². The van der Waals surface area contributed by atoms with Crippen LogP contribution in [-0.4, -0.2) is 15.7 Å². The molecule has 0 aliphatic rings. The summed E-state index contributed by atoms with van der Waals surface area (Å²) in [4.78, 5) is 24.1. The van der Waals surface area contributed by atoms with Crippen molar-refractivity contribution in [3.05, 3.63) is 87.7 Å². The highest BCUT2D eigenvalue weighted by Crippen LogP contribution is 2.19. The maximum Gasteiger partial charge on any atom is 0.328 e. The first-order chi connectivity index (χ1) is 12.5. The summed E-state index contributed by atoms with van der Waals surface area (Å²) in [5.74, 6) is -0.499. The van der Waals surface area contributed by atoms with Gasteiger partial charge in [-0.3, -0.25) is 9.59 Å². The molecule has 0 aliphatic heterocycles. The molecular formula is C21H20N2O3. The highest BCUT2D eigenvalue weighted by Gasteiger charge is 2.10. The standard InChI is InChI=1S/C21H20N2O3/c1-15-8-9-18(12-16(15)2)19-10-11-20(24)23(22-19)13-21(25)26-14-17-6-4-3-5-7-17/h3-12H,13-14H2,1-2H3. The average molecular weight is 348 g/mol. The van der Waals surface area contributed by atoms with E-state index in [1.807, 2.05) is 62.4 Å². The van der Waals surface area contributed by atoms with Gasteiger partial charge in [-0.2, -0.15) is 5.10 Å². The molecule has 0 aliphatic carbocycles. The van der Waals surface area contributed by atoms with Crippen LogP contribution in [0.25, 0.3) is 11.3 Å². The first-order valence-electron chi connectivity index (χ1n) is 8.38. The summed E-state index contributed by atoms with van der Waals surface area (Å²) in [5.41, 5.74) is 4.43. The molecule has 0 fully saturated rings. The molecule has 0 saturated carbocycles. The van der Waals surface area contributed by atoms with Crippen molar-refractivity contribution >= 4 is 5.97 Å². The van der Waals surface area contributed by atoms with Crippen molar-refractivity contribution in [3.8, 4) is 11.3 Å². The Balaban J connectivity index is 1.74. The SMILES string of the molecule is Cc1ccc(-c2ccc(=O)n(CC(=O)OCc3ccccc3)n2)cc1C. The van der Waals surface area contributed by atoms with Crippen molar-refractivity contribution in [3.63, 3.8) is 0 Å². The van der Waals surface area contributed by atoms with Gasteiger partial charge in [0.05, 0.1) is 5.69 Å². The number of ether oxygens (including phenoxy) is 1. The van der Waals surface area contributed by atoms with E-state index in [0.29, 0.717) is 5.69 Å². The molecule has 0 radical (unpaired) electrons. The predicted octanol–water partition coefficient (Wildman–Crippen LogP) is 3.27. The van der Waals surface area contributed by atoms with Crippen LogP contribution in [0.15, 0.2) is 65.5 Å². The fourth-order valence-electron chi connectivity index (χ4n) is 2.52. The van der Waals surface area contributed by atoms with Gasteiger partial charge in [0.1, 0.15) is 13.2 Å². The molecule has 2 aromatic carbocycles. The van der Waals surface area contributed by atoms with Crippen molar-refractivity contribution in [1.29, 1.82) is 0 Å². The van der Waals surface area contributed by atoms with Gasteiger partial charge < -0.3 is 4.74 Å². The van der Waals surface area contributed by atoms with Crippen molar-refractivity contribution in [2.45, 2.75) is 27.0 Å². The molecule has 0 bridgehead atoms. The lowest BCUT2D eigenvalue weighted by atomic mass is 10.0. The van der Waals surface area contributed by atoms with E-state index in [4.69, 9.17) is 4.74 Å². The van der Waals surface area contributed by atoms with Crippen LogP contribution >= 0.6 is 0 Å². The van der Waals surface area contributed by atoms with Gasteiger partial charge in [-0.05, 0) is 42.7 Å². The lowest BCUT2D eigenvalue weighted by molar-refractivity contribution is -0.146. The molecule has 3 aromatic rings. The topological polar surface area (TPSA) is 61.2 Å². The molecule has 5 heteroatoms. The Kier molecular flexibility index (Phi) is 5.27. The Labute approximate surface area is 151 Å². The van der Waals surface area contributed by atoms with E-state index in [1.54, 1.807) is 6.07 Å². The molecule has 0 saturated heterocycles. The number of carbonyl (C=O) groups is 1. The summed E-state index contributed by atoms with van der Waals surface area (Å²) in [7, 11) is 0. The third kappa shape index (κ3) is 4.25. The fraction of sp³-hybridized carbons (Fsp3) is 0.190. The van der Waals surface area contributed by atoms with Crippen LogP contribution in [0, 0.1) is 13.8 Å². The number of benzene rings is 2. The Morgan fingerprint density at radius 2 is 1.77 bits per heavy atom. The number of rotatable bonds is 5. The molecule has 0 amide bonds. The molecule has 3 rings (SSSR count). The van der Waals surface area contributed by atoms with Crippen molar-refractivity contribution in [2.75, 3.05) is 0 Å². The van der Waals surface area contributed by atoms with Crippen LogP contribution in [0.1, 0.15) is 16.7 Å². The summed E-state index contributed by atoms with van der Waals surface area (Å²) in [5, 5.41) is 4.31. The van der Waals surface area contributed by atoms with Crippen molar-refractivity contribution in [2.24, 2.45) is 0 Å². The third-order valence-electron chi connectivity index (χ3n) is 4.19. The van der Waals surface area contributed by atoms with Crippen LogP contribution in [0.5, 0.6) is 0 Å². The first-order valence-corrected chi connectivity index (χ1v) is 8.38. The molecule has 26 heavy (non-hydrogen) atoms. The van der Waals surface area contributed by atoms with E-state index in [9.17, 15) is 9.59 Å². The largest absolute Gasteiger partial charge is 0.459 e. The van der Waals surface area contributed by atoms with Gasteiger partial charge in [0.25, 0.3) is 5.56 Å². The first kappa shape index (κ1) is 17.6. The van der Waals surface area contributed by atoms with Crippen LogP contribution in [-0.2, 0) is 22.7 Å². The maximum absolute atomic E-state index is 12.1. The van der Waals surface area contributed by atoms with Gasteiger partial charge in [-0.25, -0.2) is 4.68 Å². The predicted molar refractivity (Wildman–Crippen MR) is 99.6 cm³/mol. The molecule has 1 heterocycles. The summed E-state index contributed by atoms with van der Waals surface area (Å²) < 4.78 is 6.37. The third-order valence-corrected chi connectivity index (χ3v) is 4.19. The number of nitrogens with zero attached hydrogens (tertiary/aromatic N) is 2. The summed E-state index contributed by atoms with van der Waals surface area (Å²) >= 11 is 0. The Bertz CT molecular complexity index is 978.